The number of nitrogens with zero attached hydrogens (tertiary/aromatic N) is 1. The third kappa shape index (κ3) is 6.06. The molecular formula is C60H37NOS2. The number of hydrogen-bond donors (Lipinski definition) is 0. The molecule has 4 heteroatoms. The lowest BCUT2D eigenvalue weighted by Crippen LogP contribution is -2.11. The molecule has 3 heterocycles. The van der Waals surface area contributed by atoms with Crippen LogP contribution in [-0.4, -0.2) is 0 Å². The van der Waals surface area contributed by atoms with Crippen molar-refractivity contribution < 1.29 is 4.42 Å². The highest BCUT2D eigenvalue weighted by Crippen LogP contribution is 2.52. The minimum atomic E-state index is 0.850. The molecule has 0 aliphatic heterocycles. The average molecular weight is 852 g/mol. The number of anilines is 3. The summed E-state index contributed by atoms with van der Waals surface area (Å²) in [6.45, 7) is 0. The zero-order chi connectivity index (χ0) is 42.1. The Morgan fingerprint density at radius 3 is 1.62 bits per heavy atom. The van der Waals surface area contributed by atoms with Crippen molar-refractivity contribution in [1.82, 2.24) is 0 Å². The normalized spacial score (nSPS) is 11.8. The molecule has 0 atom stereocenters. The van der Waals surface area contributed by atoms with Crippen molar-refractivity contribution >= 4 is 102 Å². The first-order chi connectivity index (χ1) is 31.7. The SMILES string of the molecule is c1ccc(-c2ccc3c(c2)oc2cc(-c4ccccc4)cc(N(c4ccc5sc6ccccc6c5c4)c4ccc(-c5ccccc5)c5sc6cc(-c7ccccc7)ccc6c45)c23)cc1. The molecule has 0 amide bonds. The zero-order valence-corrected chi connectivity index (χ0v) is 36.2. The van der Waals surface area contributed by atoms with E-state index >= 15 is 0 Å². The molecule has 0 aliphatic carbocycles. The van der Waals surface area contributed by atoms with Crippen LogP contribution in [0.5, 0.6) is 0 Å². The summed E-state index contributed by atoms with van der Waals surface area (Å²) < 4.78 is 12.1. The molecule has 0 N–H and O–H groups in total. The Kier molecular flexibility index (Phi) is 8.61. The summed E-state index contributed by atoms with van der Waals surface area (Å²) in [6, 6.07) is 81.6. The smallest absolute Gasteiger partial charge is 0.138 e. The number of furan rings is 1. The lowest BCUT2D eigenvalue weighted by atomic mass is 9.97. The predicted octanol–water partition coefficient (Wildman–Crippen LogP) is 18.5. The molecule has 0 saturated carbocycles. The van der Waals surface area contributed by atoms with E-state index in [4.69, 9.17) is 4.42 Å². The van der Waals surface area contributed by atoms with Crippen LogP contribution in [-0.2, 0) is 0 Å². The second-order valence-corrected chi connectivity index (χ2v) is 18.5. The number of rotatable bonds is 7. The van der Waals surface area contributed by atoms with Gasteiger partial charge >= 0.3 is 0 Å². The maximum Gasteiger partial charge on any atom is 0.138 e. The lowest BCUT2D eigenvalue weighted by Gasteiger charge is -2.28. The molecule has 10 aromatic carbocycles. The molecule has 3 aromatic heterocycles. The summed E-state index contributed by atoms with van der Waals surface area (Å²) in [5.41, 5.74) is 14.4. The quantitative estimate of drug-likeness (QED) is 0.159. The molecule has 0 unspecified atom stereocenters. The lowest BCUT2D eigenvalue weighted by molar-refractivity contribution is 0.669. The van der Waals surface area contributed by atoms with Gasteiger partial charge in [-0.05, 0) is 105 Å². The molecule has 13 rings (SSSR count). The number of benzene rings is 10. The highest BCUT2D eigenvalue weighted by atomic mass is 32.1. The molecule has 300 valence electrons. The summed E-state index contributed by atoms with van der Waals surface area (Å²) >= 11 is 3.74. The number of hydrogen-bond acceptors (Lipinski definition) is 4. The first-order valence-corrected chi connectivity index (χ1v) is 23.3. The van der Waals surface area contributed by atoms with Gasteiger partial charge in [-0.15, -0.1) is 22.7 Å². The van der Waals surface area contributed by atoms with Crippen molar-refractivity contribution in [3.8, 4) is 44.5 Å². The van der Waals surface area contributed by atoms with E-state index in [1.807, 2.05) is 22.7 Å². The van der Waals surface area contributed by atoms with Crippen LogP contribution >= 0.6 is 22.7 Å². The summed E-state index contributed by atoms with van der Waals surface area (Å²) in [6.07, 6.45) is 0. The van der Waals surface area contributed by atoms with Gasteiger partial charge in [0.15, 0.2) is 0 Å². The van der Waals surface area contributed by atoms with Crippen LogP contribution in [0.2, 0.25) is 0 Å². The van der Waals surface area contributed by atoms with E-state index in [1.54, 1.807) is 0 Å². The van der Waals surface area contributed by atoms with Gasteiger partial charge in [0.1, 0.15) is 11.2 Å². The topological polar surface area (TPSA) is 16.4 Å². The highest BCUT2D eigenvalue weighted by Gasteiger charge is 2.26. The molecule has 2 nitrogen and oxygen atoms in total. The minimum Gasteiger partial charge on any atom is -0.456 e. The maximum absolute atomic E-state index is 7.01. The van der Waals surface area contributed by atoms with E-state index < -0.39 is 0 Å². The maximum atomic E-state index is 7.01. The molecule has 0 aliphatic rings. The van der Waals surface area contributed by atoms with Crippen LogP contribution in [0, 0.1) is 0 Å². The molecule has 0 fully saturated rings. The van der Waals surface area contributed by atoms with Crippen molar-refractivity contribution in [2.24, 2.45) is 0 Å². The minimum absolute atomic E-state index is 0.850. The molecule has 0 radical (unpaired) electrons. The molecule has 64 heavy (non-hydrogen) atoms. The van der Waals surface area contributed by atoms with E-state index in [0.717, 1.165) is 61.3 Å². The van der Waals surface area contributed by atoms with Crippen LogP contribution in [0.3, 0.4) is 0 Å². The Morgan fingerprint density at radius 2 is 0.906 bits per heavy atom. The molecule has 13 aromatic rings. The predicted molar refractivity (Wildman–Crippen MR) is 276 cm³/mol. The van der Waals surface area contributed by atoms with Crippen LogP contribution in [0.1, 0.15) is 0 Å². The van der Waals surface area contributed by atoms with Crippen LogP contribution in [0.4, 0.5) is 17.1 Å². The van der Waals surface area contributed by atoms with Crippen molar-refractivity contribution in [2.75, 3.05) is 4.90 Å². The summed E-state index contributed by atoms with van der Waals surface area (Å²) in [7, 11) is 0. The zero-order valence-electron chi connectivity index (χ0n) is 34.5. The average Bonchev–Trinajstić information content (AvgIpc) is 4.06. The summed E-state index contributed by atoms with van der Waals surface area (Å²) in [4.78, 5) is 2.52. The van der Waals surface area contributed by atoms with E-state index in [1.165, 1.54) is 62.6 Å². The second-order valence-electron chi connectivity index (χ2n) is 16.4. The largest absolute Gasteiger partial charge is 0.456 e. The van der Waals surface area contributed by atoms with Gasteiger partial charge in [0.2, 0.25) is 0 Å². The molecule has 0 saturated heterocycles. The third-order valence-corrected chi connectivity index (χ3v) is 15.0. The van der Waals surface area contributed by atoms with Gasteiger partial charge < -0.3 is 9.32 Å². The Hall–Kier alpha value is -7.76. The summed E-state index contributed by atoms with van der Waals surface area (Å²) in [5, 5.41) is 7.15. The van der Waals surface area contributed by atoms with Crippen LogP contribution in [0.25, 0.3) is 107 Å². The van der Waals surface area contributed by atoms with Gasteiger partial charge in [-0.3, -0.25) is 0 Å². The fourth-order valence-corrected chi connectivity index (χ4v) is 12.0. The first-order valence-electron chi connectivity index (χ1n) is 21.6. The van der Waals surface area contributed by atoms with Gasteiger partial charge in [0.05, 0.1) is 16.8 Å². The van der Waals surface area contributed by atoms with E-state index in [0.29, 0.717) is 0 Å². The monoisotopic (exact) mass is 851 g/mol. The first kappa shape index (κ1) is 36.9. The number of fused-ring (bicyclic) bond motifs is 9. The highest BCUT2D eigenvalue weighted by molar-refractivity contribution is 7.26. The van der Waals surface area contributed by atoms with Gasteiger partial charge in [-0.25, -0.2) is 0 Å². The molecular weight excluding hydrogens is 815 g/mol. The Labute approximate surface area is 378 Å². The van der Waals surface area contributed by atoms with E-state index in [9.17, 15) is 0 Å². The van der Waals surface area contributed by atoms with Gasteiger partial charge in [-0.2, -0.15) is 0 Å². The summed E-state index contributed by atoms with van der Waals surface area (Å²) in [5.74, 6) is 0. The van der Waals surface area contributed by atoms with Gasteiger partial charge in [0, 0.05) is 51.4 Å². The van der Waals surface area contributed by atoms with Crippen molar-refractivity contribution in [3.63, 3.8) is 0 Å². The molecule has 0 bridgehead atoms. The Morgan fingerprint density at radius 1 is 0.312 bits per heavy atom. The second kappa shape index (κ2) is 15.0. The van der Waals surface area contributed by atoms with Gasteiger partial charge in [-0.1, -0.05) is 164 Å². The van der Waals surface area contributed by atoms with Crippen molar-refractivity contribution in [1.29, 1.82) is 0 Å². The van der Waals surface area contributed by atoms with Crippen molar-refractivity contribution in [3.05, 3.63) is 224 Å². The Bertz CT molecular complexity index is 3890. The fraction of sp³-hybridized carbons (Fsp3) is 0. The molecule has 0 spiro atoms. The third-order valence-electron chi connectivity index (χ3n) is 12.7. The van der Waals surface area contributed by atoms with Gasteiger partial charge in [0.25, 0.3) is 0 Å². The fourth-order valence-electron chi connectivity index (χ4n) is 9.63. The van der Waals surface area contributed by atoms with E-state index in [2.05, 4.69) is 229 Å². The van der Waals surface area contributed by atoms with Crippen LogP contribution in [0.15, 0.2) is 229 Å². The standard InChI is InChI=1S/C60H37NOS2/c1-5-15-38(16-6-1)42-25-28-48-53(34-42)62-54-35-44(40-19-9-3-10-20-40)33-52(58(48)54)61(45-27-32-56-50(37-45)47-23-13-14-24-55(47)63-56)51-31-30-46(41-21-11-4-12-22-41)60-59(51)49-29-26-43(36-57(49)64-60)39-17-7-2-8-18-39/h1-37H. The van der Waals surface area contributed by atoms with E-state index in [-0.39, 0.29) is 0 Å². The van der Waals surface area contributed by atoms with Crippen molar-refractivity contribution in [2.45, 2.75) is 0 Å². The number of thiophene rings is 2. The van der Waals surface area contributed by atoms with Crippen LogP contribution < -0.4 is 4.90 Å². The Balaban J connectivity index is 1.15.